The number of rotatable bonds is 5. The predicted molar refractivity (Wildman–Crippen MR) is 127 cm³/mol. The second kappa shape index (κ2) is 11.6. The standard InChI is InChI=1S/C23H27FN4O2.C2HF3O2/c1-17(26-21(29)18-7-9-19(24)10-8-18)15-27-13-11-23(12-14-27)22(30)25-16-28(23)20-5-3-2-4-6-20;3-2(4,5)1(6)7/h2-10,17H,11-16H2,1H3,(H,25,30)(H,26,29);(H,6,7)/t17-;/m1./s1. The molecule has 2 aromatic rings. The largest absolute Gasteiger partial charge is 0.490 e. The van der Waals surface area contributed by atoms with Crippen molar-refractivity contribution in [3.63, 3.8) is 0 Å². The van der Waals surface area contributed by atoms with Crippen LogP contribution in [0.2, 0.25) is 0 Å². The number of hydrogen-bond acceptors (Lipinski definition) is 5. The molecule has 0 bridgehead atoms. The maximum absolute atomic E-state index is 13.0. The van der Waals surface area contributed by atoms with Crippen LogP contribution >= 0.6 is 0 Å². The number of benzene rings is 2. The molecule has 2 amide bonds. The maximum atomic E-state index is 13.0. The average Bonchev–Trinajstić information content (AvgIpc) is 3.16. The van der Waals surface area contributed by atoms with Crippen LogP contribution in [0.4, 0.5) is 23.2 Å². The number of carboxylic acid groups (broad SMARTS) is 1. The summed E-state index contributed by atoms with van der Waals surface area (Å²) in [6.07, 6.45) is -3.60. The first-order valence-electron chi connectivity index (χ1n) is 11.6. The summed E-state index contributed by atoms with van der Waals surface area (Å²) in [5.41, 5.74) is 1.00. The number of amides is 2. The Morgan fingerprint density at radius 2 is 1.65 bits per heavy atom. The van der Waals surface area contributed by atoms with Gasteiger partial charge in [0, 0.05) is 36.9 Å². The minimum absolute atomic E-state index is 0.0563. The number of piperidine rings is 1. The Morgan fingerprint density at radius 3 is 2.19 bits per heavy atom. The van der Waals surface area contributed by atoms with Crippen LogP contribution in [-0.4, -0.2) is 71.9 Å². The number of alkyl halides is 3. The van der Waals surface area contributed by atoms with Crippen molar-refractivity contribution in [1.29, 1.82) is 0 Å². The van der Waals surface area contributed by atoms with E-state index in [1.807, 2.05) is 37.3 Å². The number of nitrogens with one attached hydrogen (secondary N) is 2. The fourth-order valence-corrected chi connectivity index (χ4v) is 4.48. The van der Waals surface area contributed by atoms with E-state index in [1.54, 1.807) is 0 Å². The number of nitrogens with zero attached hydrogens (tertiary/aromatic N) is 2. The summed E-state index contributed by atoms with van der Waals surface area (Å²) in [5, 5.41) is 13.1. The van der Waals surface area contributed by atoms with Crippen molar-refractivity contribution in [1.82, 2.24) is 15.5 Å². The summed E-state index contributed by atoms with van der Waals surface area (Å²) >= 11 is 0. The second-order valence-corrected chi connectivity index (χ2v) is 8.94. The molecule has 2 heterocycles. The van der Waals surface area contributed by atoms with Gasteiger partial charge in [0.25, 0.3) is 5.91 Å². The topological polar surface area (TPSA) is 102 Å². The number of anilines is 1. The van der Waals surface area contributed by atoms with E-state index in [0.29, 0.717) is 18.8 Å². The fourth-order valence-electron chi connectivity index (χ4n) is 4.48. The lowest BCUT2D eigenvalue weighted by molar-refractivity contribution is -0.192. The molecule has 0 radical (unpaired) electrons. The molecule has 37 heavy (non-hydrogen) atoms. The molecule has 0 saturated carbocycles. The molecule has 2 saturated heterocycles. The molecule has 0 unspecified atom stereocenters. The number of likely N-dealkylation sites (tertiary alicyclic amines) is 1. The van der Waals surface area contributed by atoms with Gasteiger partial charge in [-0.3, -0.25) is 9.59 Å². The minimum Gasteiger partial charge on any atom is -0.475 e. The van der Waals surface area contributed by atoms with Crippen molar-refractivity contribution >= 4 is 23.5 Å². The first kappa shape index (κ1) is 27.9. The highest BCUT2D eigenvalue weighted by atomic mass is 19.4. The zero-order valence-corrected chi connectivity index (χ0v) is 20.1. The van der Waals surface area contributed by atoms with E-state index in [4.69, 9.17) is 9.90 Å². The molecule has 2 fully saturated rings. The first-order chi connectivity index (χ1) is 17.4. The molecule has 0 aromatic heterocycles. The van der Waals surface area contributed by atoms with E-state index in [0.717, 1.165) is 31.6 Å². The van der Waals surface area contributed by atoms with Gasteiger partial charge in [0.15, 0.2) is 0 Å². The van der Waals surface area contributed by atoms with Gasteiger partial charge in [0.2, 0.25) is 5.91 Å². The number of aliphatic carboxylic acids is 1. The zero-order chi connectivity index (χ0) is 27.2. The number of hydrogen-bond donors (Lipinski definition) is 3. The molecule has 2 aliphatic heterocycles. The lowest BCUT2D eigenvalue weighted by Crippen LogP contribution is -2.57. The third-order valence-electron chi connectivity index (χ3n) is 6.35. The SMILES string of the molecule is C[C@H](CN1CCC2(CC1)C(=O)NCN2c1ccccc1)NC(=O)c1ccc(F)cc1.O=C(O)C(F)(F)F. The summed E-state index contributed by atoms with van der Waals surface area (Å²) in [6.45, 7) is 4.77. The Labute approximate surface area is 211 Å². The molecule has 4 rings (SSSR count). The van der Waals surface area contributed by atoms with Gasteiger partial charge in [0.05, 0.1) is 6.67 Å². The first-order valence-corrected chi connectivity index (χ1v) is 11.6. The molecular formula is C25H28F4N4O4. The molecular weight excluding hydrogens is 496 g/mol. The van der Waals surface area contributed by atoms with Crippen LogP contribution in [0.15, 0.2) is 54.6 Å². The van der Waals surface area contributed by atoms with Crippen LogP contribution < -0.4 is 15.5 Å². The highest BCUT2D eigenvalue weighted by molar-refractivity contribution is 5.94. The molecule has 2 aliphatic rings. The molecule has 200 valence electrons. The van der Waals surface area contributed by atoms with E-state index in [9.17, 15) is 27.2 Å². The minimum atomic E-state index is -5.08. The van der Waals surface area contributed by atoms with Gasteiger partial charge in [-0.2, -0.15) is 13.2 Å². The van der Waals surface area contributed by atoms with E-state index < -0.39 is 17.7 Å². The smallest absolute Gasteiger partial charge is 0.475 e. The lowest BCUT2D eigenvalue weighted by atomic mass is 9.85. The molecule has 0 aliphatic carbocycles. The molecule has 12 heteroatoms. The van der Waals surface area contributed by atoms with E-state index in [-0.39, 0.29) is 23.7 Å². The summed E-state index contributed by atoms with van der Waals surface area (Å²) < 4.78 is 44.8. The second-order valence-electron chi connectivity index (χ2n) is 8.94. The van der Waals surface area contributed by atoms with Gasteiger partial charge in [-0.1, -0.05) is 18.2 Å². The molecule has 2 aromatic carbocycles. The zero-order valence-electron chi connectivity index (χ0n) is 20.1. The fraction of sp³-hybridized carbons (Fsp3) is 0.400. The van der Waals surface area contributed by atoms with Crippen LogP contribution in [0, 0.1) is 5.82 Å². The Bertz CT molecular complexity index is 1090. The van der Waals surface area contributed by atoms with E-state index in [1.165, 1.54) is 24.3 Å². The van der Waals surface area contributed by atoms with Crippen molar-refractivity contribution in [3.8, 4) is 0 Å². The predicted octanol–water partition coefficient (Wildman–Crippen LogP) is 3.01. The highest BCUT2D eigenvalue weighted by Gasteiger charge is 2.50. The third kappa shape index (κ3) is 6.97. The number of carbonyl (C=O) groups is 3. The Morgan fingerprint density at radius 1 is 1.08 bits per heavy atom. The van der Waals surface area contributed by atoms with Gasteiger partial charge in [0.1, 0.15) is 11.4 Å². The molecule has 8 nitrogen and oxygen atoms in total. The van der Waals surface area contributed by atoms with Gasteiger partial charge in [-0.15, -0.1) is 0 Å². The normalized spacial score (nSPS) is 18.0. The van der Waals surface area contributed by atoms with Crippen LogP contribution in [0.25, 0.3) is 0 Å². The van der Waals surface area contributed by atoms with Gasteiger partial charge >= 0.3 is 12.1 Å². The molecule has 3 N–H and O–H groups in total. The van der Waals surface area contributed by atoms with Crippen LogP contribution in [0.1, 0.15) is 30.1 Å². The summed E-state index contributed by atoms with van der Waals surface area (Å²) in [7, 11) is 0. The summed E-state index contributed by atoms with van der Waals surface area (Å²) in [4.78, 5) is 38.4. The average molecular weight is 525 g/mol. The Hall–Kier alpha value is -3.67. The van der Waals surface area contributed by atoms with Crippen molar-refractivity contribution < 1.29 is 37.1 Å². The monoisotopic (exact) mass is 524 g/mol. The molecule has 1 spiro atoms. The molecule has 1 atom stereocenters. The van der Waals surface area contributed by atoms with Gasteiger partial charge < -0.3 is 25.5 Å². The van der Waals surface area contributed by atoms with E-state index in [2.05, 4.69) is 20.4 Å². The maximum Gasteiger partial charge on any atom is 0.490 e. The van der Waals surface area contributed by atoms with Crippen molar-refractivity contribution in [2.45, 2.75) is 37.5 Å². The van der Waals surface area contributed by atoms with Crippen LogP contribution in [0.3, 0.4) is 0 Å². The van der Waals surface area contributed by atoms with Crippen molar-refractivity contribution in [2.24, 2.45) is 0 Å². The third-order valence-corrected chi connectivity index (χ3v) is 6.35. The van der Waals surface area contributed by atoms with Crippen molar-refractivity contribution in [2.75, 3.05) is 31.2 Å². The summed E-state index contributed by atoms with van der Waals surface area (Å²) in [5.74, 6) is -3.22. The van der Waals surface area contributed by atoms with Crippen LogP contribution in [0.5, 0.6) is 0 Å². The number of carbonyl (C=O) groups excluding carboxylic acids is 2. The van der Waals surface area contributed by atoms with Crippen molar-refractivity contribution in [3.05, 3.63) is 66.0 Å². The van der Waals surface area contributed by atoms with Crippen LogP contribution in [-0.2, 0) is 9.59 Å². The Kier molecular flexibility index (Phi) is 8.74. The number of carboxylic acids is 1. The number of halogens is 4. The van der Waals surface area contributed by atoms with E-state index >= 15 is 0 Å². The Balaban J connectivity index is 0.000000479. The summed E-state index contributed by atoms with van der Waals surface area (Å²) in [6, 6.07) is 15.5. The highest BCUT2D eigenvalue weighted by Crippen LogP contribution is 2.36. The quantitative estimate of drug-likeness (QED) is 0.520. The van der Waals surface area contributed by atoms with Gasteiger partial charge in [-0.25, -0.2) is 9.18 Å². The van der Waals surface area contributed by atoms with Gasteiger partial charge in [-0.05, 0) is 56.2 Å². The lowest BCUT2D eigenvalue weighted by Gasteiger charge is -2.43. The number of para-hydroxylation sites is 1.